The molecule has 1 aliphatic heterocycles. The number of carbonyl (C=O) groups excluding carboxylic acids is 1. The predicted octanol–water partition coefficient (Wildman–Crippen LogP) is 6.48. The Labute approximate surface area is 231 Å². The van der Waals surface area contributed by atoms with Crippen LogP contribution in [-0.4, -0.2) is 53.4 Å². The second-order valence-electron chi connectivity index (χ2n) is 12.6. The Morgan fingerprint density at radius 2 is 2.00 bits per heavy atom. The summed E-state index contributed by atoms with van der Waals surface area (Å²) in [4.78, 5) is 17.4. The number of aliphatic hydroxyl groups is 2. The van der Waals surface area contributed by atoms with Crippen molar-refractivity contribution in [3.05, 3.63) is 66.0 Å². The van der Waals surface area contributed by atoms with Gasteiger partial charge in [-0.2, -0.15) is 0 Å². The Hall–Kier alpha value is -2.06. The van der Waals surface area contributed by atoms with E-state index in [4.69, 9.17) is 9.16 Å². The second-order valence-corrected chi connectivity index (χ2v) is 17.3. The maximum atomic E-state index is 13.2. The van der Waals surface area contributed by atoms with E-state index in [1.807, 2.05) is 50.4 Å². The Morgan fingerprint density at radius 1 is 1.32 bits per heavy atom. The van der Waals surface area contributed by atoms with Gasteiger partial charge in [0.2, 0.25) is 0 Å². The zero-order valence-electron chi connectivity index (χ0n) is 24.8. The van der Waals surface area contributed by atoms with Crippen molar-refractivity contribution in [3.8, 4) is 0 Å². The van der Waals surface area contributed by atoms with Gasteiger partial charge in [-0.05, 0) is 62.0 Å². The molecule has 0 aromatic carbocycles. The molecule has 1 aliphatic rings. The van der Waals surface area contributed by atoms with Gasteiger partial charge in [-0.1, -0.05) is 71.1 Å². The summed E-state index contributed by atoms with van der Waals surface area (Å²) in [6.07, 6.45) is 12.0. The van der Waals surface area contributed by atoms with Crippen molar-refractivity contribution in [2.75, 3.05) is 0 Å². The van der Waals surface area contributed by atoms with Gasteiger partial charge in [-0.15, -0.1) is 0 Å². The highest BCUT2D eigenvalue weighted by Gasteiger charge is 2.41. The highest BCUT2D eigenvalue weighted by molar-refractivity contribution is 6.74. The van der Waals surface area contributed by atoms with Crippen LogP contribution in [0.3, 0.4) is 0 Å². The van der Waals surface area contributed by atoms with Gasteiger partial charge in [-0.3, -0.25) is 9.78 Å². The number of hydrogen-bond donors (Lipinski definition) is 2. The third-order valence-corrected chi connectivity index (χ3v) is 12.6. The van der Waals surface area contributed by atoms with E-state index in [2.05, 4.69) is 51.8 Å². The van der Waals surface area contributed by atoms with Gasteiger partial charge in [0.05, 0.1) is 18.1 Å². The van der Waals surface area contributed by atoms with Crippen LogP contribution in [-0.2, 0) is 14.0 Å². The first kappa shape index (κ1) is 32.2. The minimum Gasteiger partial charge on any atom is -0.457 e. The van der Waals surface area contributed by atoms with E-state index in [-0.39, 0.29) is 29.3 Å². The lowest BCUT2D eigenvalue weighted by Gasteiger charge is -2.40. The molecule has 1 aromatic heterocycles. The zero-order chi connectivity index (χ0) is 28.7. The summed E-state index contributed by atoms with van der Waals surface area (Å²) in [5.41, 5.74) is 0.683. The van der Waals surface area contributed by atoms with E-state index in [9.17, 15) is 15.0 Å². The molecule has 1 aromatic rings. The van der Waals surface area contributed by atoms with Crippen molar-refractivity contribution in [1.29, 1.82) is 0 Å². The van der Waals surface area contributed by atoms with Crippen LogP contribution in [0.15, 0.2) is 60.5 Å². The number of hydrogen-bond acceptors (Lipinski definition) is 6. The Morgan fingerprint density at radius 3 is 2.61 bits per heavy atom. The van der Waals surface area contributed by atoms with E-state index in [0.717, 1.165) is 11.1 Å². The van der Waals surface area contributed by atoms with Gasteiger partial charge in [-0.25, -0.2) is 0 Å². The van der Waals surface area contributed by atoms with Crippen LogP contribution in [0.4, 0.5) is 0 Å². The van der Waals surface area contributed by atoms with Gasteiger partial charge in [0, 0.05) is 24.2 Å². The molecule has 6 nitrogen and oxygen atoms in total. The Bertz CT molecular complexity index is 993. The van der Waals surface area contributed by atoms with Gasteiger partial charge in [0.1, 0.15) is 12.2 Å². The molecular weight excluding hydrogens is 494 g/mol. The highest BCUT2D eigenvalue weighted by Crippen LogP contribution is 2.39. The molecule has 6 atom stereocenters. The van der Waals surface area contributed by atoms with Crippen molar-refractivity contribution in [3.63, 3.8) is 0 Å². The molecule has 0 spiro atoms. The van der Waals surface area contributed by atoms with E-state index in [0.29, 0.717) is 12.8 Å². The smallest absolute Gasteiger partial charge is 0.308 e. The quantitative estimate of drug-likeness (QED) is 0.185. The normalized spacial score (nSPS) is 30.3. The number of pyridine rings is 1. The summed E-state index contributed by atoms with van der Waals surface area (Å²) >= 11 is 0. The fourth-order valence-electron chi connectivity index (χ4n) is 4.20. The van der Waals surface area contributed by atoms with E-state index < -0.39 is 32.2 Å². The maximum Gasteiger partial charge on any atom is 0.308 e. The molecule has 2 N–H and O–H groups in total. The molecule has 0 aliphatic carbocycles. The molecule has 2 heterocycles. The number of ether oxygens (including phenoxy) is 1. The number of nitrogens with zero attached hydrogens (tertiary/aromatic N) is 1. The molecule has 0 saturated carbocycles. The van der Waals surface area contributed by atoms with Crippen molar-refractivity contribution in [2.45, 2.75) is 116 Å². The zero-order valence-corrected chi connectivity index (χ0v) is 25.8. The molecule has 0 saturated heterocycles. The summed E-state index contributed by atoms with van der Waals surface area (Å²) in [5.74, 6) is -0.335. The molecule has 7 heteroatoms. The molecule has 1 unspecified atom stereocenters. The number of carbonyl (C=O) groups is 1. The van der Waals surface area contributed by atoms with Crippen LogP contribution < -0.4 is 0 Å². The molecule has 212 valence electrons. The SMILES string of the molecule is C/C(=C\C=C\C(C)c1cccnc1)[C@H]1OC(=O)C[C@H](O[Si](C)(C)C(C)(C)C)CC[C@@](C)(O)[C@@H](O)/C=C/[C@@H]1C. The highest BCUT2D eigenvalue weighted by atomic mass is 28.4. The topological polar surface area (TPSA) is 88.9 Å². The van der Waals surface area contributed by atoms with Crippen molar-refractivity contribution >= 4 is 14.3 Å². The lowest BCUT2D eigenvalue weighted by Crippen LogP contribution is -2.46. The van der Waals surface area contributed by atoms with Crippen LogP contribution in [0.2, 0.25) is 18.1 Å². The average Bonchev–Trinajstić information content (AvgIpc) is 2.83. The predicted molar refractivity (Wildman–Crippen MR) is 156 cm³/mol. The summed E-state index contributed by atoms with van der Waals surface area (Å²) in [6, 6.07) is 3.97. The van der Waals surface area contributed by atoms with Crippen molar-refractivity contribution in [1.82, 2.24) is 4.98 Å². The summed E-state index contributed by atoms with van der Waals surface area (Å²) in [7, 11) is -2.18. The third-order valence-electron chi connectivity index (χ3n) is 8.02. The monoisotopic (exact) mass is 543 g/mol. The van der Waals surface area contributed by atoms with Crippen LogP contribution in [0, 0.1) is 5.92 Å². The van der Waals surface area contributed by atoms with E-state index in [1.165, 1.54) is 0 Å². The van der Waals surface area contributed by atoms with Crippen LogP contribution in [0.1, 0.15) is 79.2 Å². The lowest BCUT2D eigenvalue weighted by atomic mass is 9.89. The summed E-state index contributed by atoms with van der Waals surface area (Å²) < 4.78 is 12.6. The van der Waals surface area contributed by atoms with Gasteiger partial charge < -0.3 is 19.4 Å². The minimum atomic E-state index is -2.18. The number of rotatable bonds is 6. The molecule has 0 amide bonds. The van der Waals surface area contributed by atoms with E-state index in [1.54, 1.807) is 19.2 Å². The van der Waals surface area contributed by atoms with Crippen molar-refractivity contribution in [2.24, 2.45) is 5.92 Å². The second kappa shape index (κ2) is 13.3. The fraction of sp³-hybridized carbons (Fsp3) is 0.613. The minimum absolute atomic E-state index is 0.0268. The Kier molecular flexibility index (Phi) is 11.3. The first-order chi connectivity index (χ1) is 17.5. The van der Waals surface area contributed by atoms with E-state index >= 15 is 0 Å². The summed E-state index contributed by atoms with van der Waals surface area (Å²) in [6.45, 7) is 18.4. The molecular formula is C31H49NO5Si. The molecule has 0 radical (unpaired) electrons. The number of aromatic nitrogens is 1. The van der Waals surface area contributed by atoms with Crippen molar-refractivity contribution < 1.29 is 24.2 Å². The van der Waals surface area contributed by atoms with Crippen LogP contribution in [0.25, 0.3) is 0 Å². The number of cyclic esters (lactones) is 1. The average molecular weight is 544 g/mol. The van der Waals surface area contributed by atoms with Crippen LogP contribution >= 0.6 is 0 Å². The summed E-state index contributed by atoms with van der Waals surface area (Å²) in [5, 5.41) is 21.7. The third kappa shape index (κ3) is 9.29. The molecule has 2 rings (SSSR count). The van der Waals surface area contributed by atoms with Crippen LogP contribution in [0.5, 0.6) is 0 Å². The number of aliphatic hydroxyl groups excluding tert-OH is 1. The standard InChI is InChI=1S/C31H49NO5Si/c1-22(25-14-11-19-32-21-25)12-10-13-23(2)29-24(3)15-16-27(33)31(7,35)18-17-26(20-28(34)36-29)37-38(8,9)30(4,5)6/h10-16,19,21-22,24,26-27,29,33,35H,17-18,20H2,1-9H3/b12-10+,16-15+,23-13+/t22?,24-,26+,27-,29+,31+/m0/s1. The molecule has 0 bridgehead atoms. The van der Waals surface area contributed by atoms with Gasteiger partial charge in [0.25, 0.3) is 0 Å². The number of allylic oxidation sites excluding steroid dienone is 3. The number of esters is 1. The fourth-order valence-corrected chi connectivity index (χ4v) is 5.59. The van der Waals surface area contributed by atoms with Gasteiger partial charge >= 0.3 is 5.97 Å². The first-order valence-electron chi connectivity index (χ1n) is 13.7. The largest absolute Gasteiger partial charge is 0.457 e. The Balaban J connectivity index is 2.32. The first-order valence-corrected chi connectivity index (χ1v) is 16.7. The molecule has 0 fully saturated rings. The molecule has 38 heavy (non-hydrogen) atoms. The van der Waals surface area contributed by atoms with Gasteiger partial charge in [0.15, 0.2) is 8.32 Å². The lowest BCUT2D eigenvalue weighted by molar-refractivity contribution is -0.151. The maximum absolute atomic E-state index is 13.2.